The molecule has 0 bridgehead atoms. The highest BCUT2D eigenvalue weighted by Crippen LogP contribution is 2.38. The summed E-state index contributed by atoms with van der Waals surface area (Å²) in [5.74, 6) is 1.27. The topological polar surface area (TPSA) is 9.23 Å². The third kappa shape index (κ3) is 3.13. The Bertz CT molecular complexity index is 668. The number of benzene rings is 2. The van der Waals surface area contributed by atoms with Gasteiger partial charge < -0.3 is 4.74 Å². The minimum Gasteiger partial charge on any atom is -0.490 e. The Labute approximate surface area is 133 Å². The molecule has 0 saturated carbocycles. The molecular weight excluding hydrogens is 331 g/mol. The van der Waals surface area contributed by atoms with E-state index in [-0.39, 0.29) is 11.9 Å². The van der Waals surface area contributed by atoms with Gasteiger partial charge in [0.2, 0.25) is 0 Å². The molecule has 1 heterocycles. The summed E-state index contributed by atoms with van der Waals surface area (Å²) in [4.78, 5) is 0. The Kier molecular flexibility index (Phi) is 4.03. The van der Waals surface area contributed by atoms with Crippen LogP contribution in [0.1, 0.15) is 36.0 Å². The van der Waals surface area contributed by atoms with Crippen molar-refractivity contribution in [1.29, 1.82) is 0 Å². The van der Waals surface area contributed by atoms with E-state index in [0.29, 0.717) is 5.92 Å². The van der Waals surface area contributed by atoms with Crippen LogP contribution in [0.5, 0.6) is 5.75 Å². The zero-order valence-corrected chi connectivity index (χ0v) is 13.8. The second-order valence-electron chi connectivity index (χ2n) is 5.83. The van der Waals surface area contributed by atoms with Crippen molar-refractivity contribution in [2.75, 3.05) is 0 Å². The number of aryl methyl sites for hydroxylation is 1. The number of rotatable bonds is 2. The normalized spacial score (nSPS) is 20.8. The Hall–Kier alpha value is -1.35. The Balaban J connectivity index is 1.81. The fourth-order valence-corrected chi connectivity index (χ4v) is 3.40. The molecule has 3 heteroatoms. The van der Waals surface area contributed by atoms with Gasteiger partial charge in [0.15, 0.2) is 0 Å². The average molecular weight is 349 g/mol. The van der Waals surface area contributed by atoms with Crippen LogP contribution >= 0.6 is 15.9 Å². The third-order valence-electron chi connectivity index (χ3n) is 4.17. The molecule has 1 aliphatic rings. The summed E-state index contributed by atoms with van der Waals surface area (Å²) in [6, 6.07) is 11.2. The van der Waals surface area contributed by atoms with Crippen LogP contribution in [0.2, 0.25) is 0 Å². The van der Waals surface area contributed by atoms with E-state index in [1.165, 1.54) is 11.6 Å². The van der Waals surface area contributed by atoms with E-state index in [1.54, 1.807) is 6.07 Å². The molecule has 0 radical (unpaired) electrons. The molecule has 1 aliphatic heterocycles. The molecule has 0 amide bonds. The van der Waals surface area contributed by atoms with Crippen LogP contribution in [0.25, 0.3) is 0 Å². The molecule has 0 spiro atoms. The second kappa shape index (κ2) is 5.80. The van der Waals surface area contributed by atoms with E-state index < -0.39 is 0 Å². The van der Waals surface area contributed by atoms with Gasteiger partial charge in [-0.05, 0) is 66.3 Å². The smallest absolute Gasteiger partial charge is 0.123 e. The number of hydrogen-bond donors (Lipinski definition) is 0. The lowest BCUT2D eigenvalue weighted by atomic mass is 9.88. The predicted octanol–water partition coefficient (Wildman–Crippen LogP) is 5.39. The van der Waals surface area contributed by atoms with Crippen molar-refractivity contribution in [3.8, 4) is 5.75 Å². The van der Waals surface area contributed by atoms with Gasteiger partial charge in [-0.15, -0.1) is 0 Å². The van der Waals surface area contributed by atoms with E-state index in [4.69, 9.17) is 4.74 Å². The van der Waals surface area contributed by atoms with Crippen molar-refractivity contribution in [2.24, 2.45) is 0 Å². The van der Waals surface area contributed by atoms with Crippen molar-refractivity contribution < 1.29 is 9.13 Å². The minimum absolute atomic E-state index is 0.151. The molecule has 21 heavy (non-hydrogen) atoms. The lowest BCUT2D eigenvalue weighted by Crippen LogP contribution is -2.27. The summed E-state index contributed by atoms with van der Waals surface area (Å²) in [6.07, 6.45) is 1.96. The van der Waals surface area contributed by atoms with Gasteiger partial charge in [-0.1, -0.05) is 28.9 Å². The monoisotopic (exact) mass is 348 g/mol. The quantitative estimate of drug-likeness (QED) is 0.706. The first-order chi connectivity index (χ1) is 10.0. The first kappa shape index (κ1) is 14.6. The van der Waals surface area contributed by atoms with Crippen molar-refractivity contribution in [2.45, 2.75) is 38.7 Å². The van der Waals surface area contributed by atoms with E-state index in [2.05, 4.69) is 28.9 Å². The molecule has 3 rings (SSSR count). The van der Waals surface area contributed by atoms with Crippen molar-refractivity contribution in [3.05, 3.63) is 63.4 Å². The maximum absolute atomic E-state index is 13.2. The Morgan fingerprint density at radius 1 is 1.24 bits per heavy atom. The maximum Gasteiger partial charge on any atom is 0.123 e. The van der Waals surface area contributed by atoms with Crippen molar-refractivity contribution in [3.63, 3.8) is 0 Å². The standard InChI is InChI=1S/C18H18BrFO/c1-11-7-15(20)5-3-13(11)9-16-8-12(2)17-10-14(19)4-6-18(17)21-16/h3-7,10,12,16H,8-9H2,1-2H3/t12-,16-/m0/s1. The number of ether oxygens (including phenoxy) is 1. The van der Waals surface area contributed by atoms with Crippen molar-refractivity contribution >= 4 is 15.9 Å². The summed E-state index contributed by atoms with van der Waals surface area (Å²) >= 11 is 3.51. The summed E-state index contributed by atoms with van der Waals surface area (Å²) in [7, 11) is 0. The van der Waals surface area contributed by atoms with Gasteiger partial charge in [0.1, 0.15) is 17.7 Å². The fraction of sp³-hybridized carbons (Fsp3) is 0.333. The molecule has 0 fully saturated rings. The lowest BCUT2D eigenvalue weighted by molar-refractivity contribution is 0.161. The highest BCUT2D eigenvalue weighted by Gasteiger charge is 2.26. The average Bonchev–Trinajstić information content (AvgIpc) is 2.43. The van der Waals surface area contributed by atoms with Crippen LogP contribution in [-0.4, -0.2) is 6.10 Å². The highest BCUT2D eigenvalue weighted by atomic mass is 79.9. The predicted molar refractivity (Wildman–Crippen MR) is 86.4 cm³/mol. The summed E-state index contributed by atoms with van der Waals surface area (Å²) in [6.45, 7) is 4.19. The molecule has 2 atom stereocenters. The molecule has 0 aromatic heterocycles. The van der Waals surface area contributed by atoms with Gasteiger partial charge in [0.05, 0.1) is 0 Å². The minimum atomic E-state index is -0.177. The van der Waals surface area contributed by atoms with Crippen LogP contribution in [0.3, 0.4) is 0 Å². The Morgan fingerprint density at radius 3 is 2.81 bits per heavy atom. The molecule has 110 valence electrons. The SMILES string of the molecule is Cc1cc(F)ccc1C[C@@H]1C[C@H](C)c2cc(Br)ccc2O1. The van der Waals surface area contributed by atoms with Gasteiger partial charge in [0.25, 0.3) is 0 Å². The van der Waals surface area contributed by atoms with Crippen LogP contribution in [0.4, 0.5) is 4.39 Å². The van der Waals surface area contributed by atoms with Crippen LogP contribution in [0, 0.1) is 12.7 Å². The summed E-state index contributed by atoms with van der Waals surface area (Å²) < 4.78 is 20.4. The molecule has 0 unspecified atom stereocenters. The molecule has 0 saturated heterocycles. The van der Waals surface area contributed by atoms with Gasteiger partial charge in [-0.2, -0.15) is 0 Å². The van der Waals surface area contributed by atoms with E-state index >= 15 is 0 Å². The van der Waals surface area contributed by atoms with Gasteiger partial charge >= 0.3 is 0 Å². The largest absolute Gasteiger partial charge is 0.490 e. The van der Waals surface area contributed by atoms with E-state index in [0.717, 1.165) is 34.2 Å². The molecule has 0 aliphatic carbocycles. The zero-order valence-electron chi connectivity index (χ0n) is 12.2. The lowest BCUT2D eigenvalue weighted by Gasteiger charge is -2.31. The zero-order chi connectivity index (χ0) is 15.0. The first-order valence-electron chi connectivity index (χ1n) is 7.24. The molecule has 2 aromatic carbocycles. The number of fused-ring (bicyclic) bond motifs is 1. The molecular formula is C18H18BrFO. The number of hydrogen-bond acceptors (Lipinski definition) is 1. The fourth-order valence-electron chi connectivity index (χ4n) is 3.02. The number of halogens is 2. The second-order valence-corrected chi connectivity index (χ2v) is 6.75. The molecule has 1 nitrogen and oxygen atoms in total. The van der Waals surface area contributed by atoms with Crippen LogP contribution in [0.15, 0.2) is 40.9 Å². The molecule has 0 N–H and O–H groups in total. The van der Waals surface area contributed by atoms with E-state index in [9.17, 15) is 4.39 Å². The van der Waals surface area contributed by atoms with Crippen LogP contribution < -0.4 is 4.74 Å². The van der Waals surface area contributed by atoms with Gasteiger partial charge in [-0.25, -0.2) is 4.39 Å². The van der Waals surface area contributed by atoms with Crippen LogP contribution in [-0.2, 0) is 6.42 Å². The molecule has 2 aromatic rings. The summed E-state index contributed by atoms with van der Waals surface area (Å²) in [5, 5.41) is 0. The van der Waals surface area contributed by atoms with Gasteiger partial charge in [0, 0.05) is 10.9 Å². The van der Waals surface area contributed by atoms with E-state index in [1.807, 2.05) is 25.1 Å². The first-order valence-corrected chi connectivity index (χ1v) is 8.03. The maximum atomic E-state index is 13.2. The third-order valence-corrected chi connectivity index (χ3v) is 4.66. The van der Waals surface area contributed by atoms with Gasteiger partial charge in [-0.3, -0.25) is 0 Å². The van der Waals surface area contributed by atoms with Crippen molar-refractivity contribution in [1.82, 2.24) is 0 Å². The highest BCUT2D eigenvalue weighted by molar-refractivity contribution is 9.10. The Morgan fingerprint density at radius 2 is 2.05 bits per heavy atom. The summed E-state index contributed by atoms with van der Waals surface area (Å²) in [5.41, 5.74) is 3.42.